The van der Waals surface area contributed by atoms with E-state index in [1.54, 1.807) is 55.1 Å². The standard InChI is InChI=1S/C23H20N4O4/c1-16-12-21(27(26-16)19-6-4-3-5-7-19)25-22(28)15-31-23(29)18(14-24)13-17-8-10-20(30-2)11-9-17/h3-13H,15H2,1-2H3,(H,25,28)/b18-13+. The first-order valence-electron chi connectivity index (χ1n) is 9.35. The molecule has 1 amide bonds. The number of carbonyl (C=O) groups excluding carboxylic acids is 2. The maximum atomic E-state index is 12.3. The quantitative estimate of drug-likeness (QED) is 0.360. The lowest BCUT2D eigenvalue weighted by molar-refractivity contribution is -0.142. The van der Waals surface area contributed by atoms with Gasteiger partial charge in [0.05, 0.1) is 18.5 Å². The topological polar surface area (TPSA) is 106 Å². The van der Waals surface area contributed by atoms with Crippen molar-refractivity contribution in [1.29, 1.82) is 5.26 Å². The smallest absolute Gasteiger partial charge is 0.349 e. The van der Waals surface area contributed by atoms with Gasteiger partial charge in [0.15, 0.2) is 6.61 Å². The Morgan fingerprint density at radius 1 is 1.16 bits per heavy atom. The fourth-order valence-corrected chi connectivity index (χ4v) is 2.75. The third-order valence-corrected chi connectivity index (χ3v) is 4.20. The van der Waals surface area contributed by atoms with Crippen molar-refractivity contribution in [3.8, 4) is 17.5 Å². The van der Waals surface area contributed by atoms with E-state index in [0.29, 0.717) is 22.8 Å². The average Bonchev–Trinajstić information content (AvgIpc) is 3.16. The highest BCUT2D eigenvalue weighted by atomic mass is 16.5. The molecule has 1 heterocycles. The van der Waals surface area contributed by atoms with Gasteiger partial charge in [0, 0.05) is 6.07 Å². The van der Waals surface area contributed by atoms with Crippen LogP contribution in [0.5, 0.6) is 5.75 Å². The fraction of sp³-hybridized carbons (Fsp3) is 0.130. The Bertz CT molecular complexity index is 1140. The molecule has 3 aromatic rings. The van der Waals surface area contributed by atoms with E-state index in [2.05, 4.69) is 10.4 Å². The van der Waals surface area contributed by atoms with Crippen molar-refractivity contribution in [2.45, 2.75) is 6.92 Å². The summed E-state index contributed by atoms with van der Waals surface area (Å²) in [6, 6.07) is 19.6. The third kappa shape index (κ3) is 5.58. The zero-order valence-electron chi connectivity index (χ0n) is 17.0. The number of amides is 1. The molecule has 31 heavy (non-hydrogen) atoms. The van der Waals surface area contributed by atoms with Gasteiger partial charge in [-0.05, 0) is 42.8 Å². The van der Waals surface area contributed by atoms with E-state index in [9.17, 15) is 14.9 Å². The maximum absolute atomic E-state index is 12.3. The summed E-state index contributed by atoms with van der Waals surface area (Å²) in [5.74, 6) is -0.340. The van der Waals surface area contributed by atoms with E-state index in [4.69, 9.17) is 9.47 Å². The molecule has 0 radical (unpaired) electrons. The Labute approximate surface area is 179 Å². The highest BCUT2D eigenvalue weighted by Crippen LogP contribution is 2.17. The minimum absolute atomic E-state index is 0.219. The zero-order valence-corrected chi connectivity index (χ0v) is 17.0. The molecule has 0 fully saturated rings. The molecule has 0 bridgehead atoms. The Hall–Kier alpha value is -4.38. The van der Waals surface area contributed by atoms with Crippen molar-refractivity contribution in [2.75, 3.05) is 19.0 Å². The molecule has 8 heteroatoms. The molecule has 0 aliphatic heterocycles. The molecule has 1 N–H and O–H groups in total. The lowest BCUT2D eigenvalue weighted by Crippen LogP contribution is -2.22. The summed E-state index contributed by atoms with van der Waals surface area (Å²) >= 11 is 0. The van der Waals surface area contributed by atoms with Gasteiger partial charge in [-0.1, -0.05) is 30.3 Å². The zero-order chi connectivity index (χ0) is 22.2. The second kappa shape index (κ2) is 9.89. The van der Waals surface area contributed by atoms with Crippen LogP contribution in [0.15, 0.2) is 66.2 Å². The van der Waals surface area contributed by atoms with Crippen molar-refractivity contribution in [3.05, 3.63) is 77.5 Å². The number of ether oxygens (including phenoxy) is 2. The fourth-order valence-electron chi connectivity index (χ4n) is 2.75. The summed E-state index contributed by atoms with van der Waals surface area (Å²) in [5.41, 5.74) is 1.89. The third-order valence-electron chi connectivity index (χ3n) is 4.20. The lowest BCUT2D eigenvalue weighted by Gasteiger charge is -2.09. The van der Waals surface area contributed by atoms with Crippen LogP contribution in [0.25, 0.3) is 11.8 Å². The first-order valence-corrected chi connectivity index (χ1v) is 9.35. The minimum Gasteiger partial charge on any atom is -0.497 e. The number of benzene rings is 2. The van der Waals surface area contributed by atoms with E-state index in [1.807, 2.05) is 30.3 Å². The van der Waals surface area contributed by atoms with Gasteiger partial charge in [-0.3, -0.25) is 4.79 Å². The van der Waals surface area contributed by atoms with Gasteiger partial charge >= 0.3 is 5.97 Å². The summed E-state index contributed by atoms with van der Waals surface area (Å²) in [5, 5.41) is 16.3. The Morgan fingerprint density at radius 2 is 1.87 bits per heavy atom. The SMILES string of the molecule is COc1ccc(/C=C(\C#N)C(=O)OCC(=O)Nc2cc(C)nn2-c2ccccc2)cc1. The summed E-state index contributed by atoms with van der Waals surface area (Å²) in [7, 11) is 1.54. The molecule has 0 atom stereocenters. The molecule has 3 rings (SSSR count). The number of aromatic nitrogens is 2. The van der Waals surface area contributed by atoms with E-state index < -0.39 is 18.5 Å². The van der Waals surface area contributed by atoms with Crippen molar-refractivity contribution in [3.63, 3.8) is 0 Å². The predicted molar refractivity (Wildman–Crippen MR) is 114 cm³/mol. The molecule has 0 unspecified atom stereocenters. The number of nitriles is 1. The summed E-state index contributed by atoms with van der Waals surface area (Å²) < 4.78 is 11.7. The first-order chi connectivity index (χ1) is 15.0. The second-order valence-electron chi connectivity index (χ2n) is 6.49. The molecular formula is C23H20N4O4. The van der Waals surface area contributed by atoms with Crippen LogP contribution in [-0.2, 0) is 14.3 Å². The van der Waals surface area contributed by atoms with Crippen LogP contribution in [0.2, 0.25) is 0 Å². The van der Waals surface area contributed by atoms with Crippen LogP contribution in [-0.4, -0.2) is 35.4 Å². The van der Waals surface area contributed by atoms with Crippen molar-refractivity contribution < 1.29 is 19.1 Å². The van der Waals surface area contributed by atoms with Crippen LogP contribution >= 0.6 is 0 Å². The first kappa shape index (κ1) is 21.3. The molecular weight excluding hydrogens is 396 g/mol. The Morgan fingerprint density at radius 3 is 2.52 bits per heavy atom. The van der Waals surface area contributed by atoms with Crippen LogP contribution in [0, 0.1) is 18.3 Å². The molecule has 0 saturated heterocycles. The van der Waals surface area contributed by atoms with Crippen LogP contribution < -0.4 is 10.1 Å². The molecule has 0 spiro atoms. The number of esters is 1. The Balaban J connectivity index is 1.63. The van der Waals surface area contributed by atoms with E-state index in [1.165, 1.54) is 6.08 Å². The van der Waals surface area contributed by atoms with E-state index in [0.717, 1.165) is 5.69 Å². The van der Waals surface area contributed by atoms with Crippen LogP contribution in [0.3, 0.4) is 0 Å². The minimum atomic E-state index is -0.888. The predicted octanol–water partition coefficient (Wildman–Crippen LogP) is 3.28. The summed E-state index contributed by atoms with van der Waals surface area (Å²) in [6.07, 6.45) is 1.38. The summed E-state index contributed by atoms with van der Waals surface area (Å²) in [6.45, 7) is 1.26. The highest BCUT2D eigenvalue weighted by Gasteiger charge is 2.15. The molecule has 2 aromatic carbocycles. The molecule has 0 saturated carbocycles. The molecule has 8 nitrogen and oxygen atoms in total. The number of aryl methyl sites for hydroxylation is 1. The number of anilines is 1. The number of methoxy groups -OCH3 is 1. The van der Waals surface area contributed by atoms with Gasteiger partial charge in [-0.15, -0.1) is 0 Å². The monoisotopic (exact) mass is 416 g/mol. The lowest BCUT2D eigenvalue weighted by atomic mass is 10.1. The second-order valence-corrected chi connectivity index (χ2v) is 6.49. The molecule has 156 valence electrons. The van der Waals surface area contributed by atoms with Gasteiger partial charge in [0.2, 0.25) is 0 Å². The number of nitrogens with zero attached hydrogens (tertiary/aromatic N) is 3. The normalized spacial score (nSPS) is 10.8. The van der Waals surface area contributed by atoms with Crippen molar-refractivity contribution in [2.24, 2.45) is 0 Å². The number of nitrogens with one attached hydrogen (secondary N) is 1. The molecule has 0 aliphatic carbocycles. The van der Waals surface area contributed by atoms with Gasteiger partial charge in [-0.25, -0.2) is 9.48 Å². The number of hydrogen-bond acceptors (Lipinski definition) is 6. The molecule has 0 aliphatic rings. The van der Waals surface area contributed by atoms with Crippen molar-refractivity contribution >= 4 is 23.8 Å². The average molecular weight is 416 g/mol. The van der Waals surface area contributed by atoms with Gasteiger partial charge in [-0.2, -0.15) is 10.4 Å². The van der Waals surface area contributed by atoms with E-state index >= 15 is 0 Å². The number of rotatable bonds is 7. The van der Waals surface area contributed by atoms with Crippen LogP contribution in [0.4, 0.5) is 5.82 Å². The van der Waals surface area contributed by atoms with Gasteiger partial charge < -0.3 is 14.8 Å². The van der Waals surface area contributed by atoms with Crippen molar-refractivity contribution in [1.82, 2.24) is 9.78 Å². The number of hydrogen-bond donors (Lipinski definition) is 1. The van der Waals surface area contributed by atoms with Gasteiger partial charge in [0.25, 0.3) is 5.91 Å². The highest BCUT2D eigenvalue weighted by molar-refractivity contribution is 6.00. The van der Waals surface area contributed by atoms with Gasteiger partial charge in [0.1, 0.15) is 23.2 Å². The maximum Gasteiger partial charge on any atom is 0.349 e. The number of carbonyl (C=O) groups is 2. The van der Waals surface area contributed by atoms with E-state index in [-0.39, 0.29) is 5.57 Å². The molecule has 1 aromatic heterocycles. The van der Waals surface area contributed by atoms with Crippen LogP contribution in [0.1, 0.15) is 11.3 Å². The summed E-state index contributed by atoms with van der Waals surface area (Å²) in [4.78, 5) is 24.5. The Kier molecular flexibility index (Phi) is 6.81. The largest absolute Gasteiger partial charge is 0.497 e. The number of para-hydroxylation sites is 1.